The Morgan fingerprint density at radius 1 is 0.906 bits per heavy atom. The molecule has 1 aromatic carbocycles. The minimum absolute atomic E-state index is 0.264. The van der Waals surface area contributed by atoms with E-state index in [0.29, 0.717) is 5.78 Å². The summed E-state index contributed by atoms with van der Waals surface area (Å²) in [5.41, 5.74) is 8.31. The number of carbonyl (C=O) groups excluding carboxylic acids is 1. The van der Waals surface area contributed by atoms with Crippen LogP contribution in [-0.2, 0) is 4.79 Å². The molecule has 1 atom stereocenters. The van der Waals surface area contributed by atoms with Crippen molar-refractivity contribution < 1.29 is 4.79 Å². The summed E-state index contributed by atoms with van der Waals surface area (Å²) < 4.78 is 0. The molecular weight excluding hydrogens is 410 g/mol. The molecule has 0 spiro atoms. The van der Waals surface area contributed by atoms with Crippen molar-refractivity contribution in [3.05, 3.63) is 97.7 Å². The Hall–Kier alpha value is -2.10. The smallest absolute Gasteiger partial charge is 0.132 e. The predicted molar refractivity (Wildman–Crippen MR) is 157 cm³/mol. The lowest BCUT2D eigenvalue weighted by Crippen LogP contribution is -2.03. The van der Waals surface area contributed by atoms with Gasteiger partial charge in [0, 0.05) is 5.92 Å². The highest BCUT2D eigenvalue weighted by atomic mass is 32.1. The molecular formula is C29H53NOS. The Bertz CT molecular complexity index is 530. The molecule has 0 aromatic heterocycles. The van der Waals surface area contributed by atoms with Gasteiger partial charge in [0.2, 0.25) is 0 Å². The summed E-state index contributed by atoms with van der Waals surface area (Å²) in [7, 11) is 1.50. The molecule has 2 nitrogen and oxygen atoms in total. The molecule has 0 heterocycles. The van der Waals surface area contributed by atoms with Gasteiger partial charge in [-0.1, -0.05) is 125 Å². The quantitative estimate of drug-likeness (QED) is 0.338. The van der Waals surface area contributed by atoms with E-state index in [1.54, 1.807) is 37.5 Å². The van der Waals surface area contributed by atoms with E-state index in [9.17, 15) is 4.79 Å². The fourth-order valence-corrected chi connectivity index (χ4v) is 1.18. The minimum Gasteiger partial charge on any atom is -0.333 e. The van der Waals surface area contributed by atoms with Crippen LogP contribution in [0.5, 0.6) is 0 Å². The number of thiol groups is 1. The summed E-state index contributed by atoms with van der Waals surface area (Å²) in [6.45, 7) is 29.6. The third kappa shape index (κ3) is 51.0. The lowest BCUT2D eigenvalue weighted by molar-refractivity contribution is -0.120. The number of benzene rings is 1. The molecule has 0 aliphatic heterocycles. The van der Waals surface area contributed by atoms with Crippen LogP contribution in [-0.4, -0.2) is 19.1 Å². The maximum atomic E-state index is 10.4. The Kier molecular flexibility index (Phi) is 58.6. The lowest BCUT2D eigenvalue weighted by Gasteiger charge is -1.98. The summed E-state index contributed by atoms with van der Waals surface area (Å²) in [6.07, 6.45) is 11.4. The summed E-state index contributed by atoms with van der Waals surface area (Å²) in [6, 6.07) is 8.48. The van der Waals surface area contributed by atoms with E-state index in [-0.39, 0.29) is 5.92 Å². The number of carbonyl (C=O) groups is 1. The minimum atomic E-state index is 0.264. The van der Waals surface area contributed by atoms with E-state index in [1.807, 2.05) is 40.7 Å². The fraction of sp³-hybridized carbons (Fsp3) is 0.414. The zero-order valence-electron chi connectivity index (χ0n) is 22.7. The van der Waals surface area contributed by atoms with Crippen LogP contribution in [0.15, 0.2) is 86.5 Å². The molecule has 1 aromatic rings. The van der Waals surface area contributed by atoms with Gasteiger partial charge in [-0.3, -0.25) is 4.79 Å². The maximum absolute atomic E-state index is 10.4. The van der Waals surface area contributed by atoms with Crippen LogP contribution < -0.4 is 5.73 Å². The Balaban J connectivity index is -0.0000000663. The van der Waals surface area contributed by atoms with Crippen molar-refractivity contribution in [3.8, 4) is 0 Å². The average molecular weight is 464 g/mol. The molecule has 0 saturated heterocycles. The van der Waals surface area contributed by atoms with Crippen molar-refractivity contribution in [2.24, 2.45) is 11.7 Å². The molecule has 0 aliphatic carbocycles. The first-order chi connectivity index (χ1) is 15.2. The zero-order valence-corrected chi connectivity index (χ0v) is 23.6. The van der Waals surface area contributed by atoms with Crippen molar-refractivity contribution in [1.82, 2.24) is 0 Å². The van der Waals surface area contributed by atoms with E-state index >= 15 is 0 Å². The highest BCUT2D eigenvalue weighted by molar-refractivity contribution is 7.79. The van der Waals surface area contributed by atoms with Crippen molar-refractivity contribution in [2.45, 2.75) is 61.8 Å². The number of hydrogen-bond donors (Lipinski definition) is 2. The first-order valence-corrected chi connectivity index (χ1v) is 11.8. The van der Waals surface area contributed by atoms with Crippen LogP contribution >= 0.6 is 12.6 Å². The van der Waals surface area contributed by atoms with Gasteiger partial charge in [0.15, 0.2) is 0 Å². The van der Waals surface area contributed by atoms with Crippen LogP contribution in [0, 0.1) is 19.8 Å². The van der Waals surface area contributed by atoms with Crippen molar-refractivity contribution in [1.29, 1.82) is 0 Å². The molecule has 0 saturated carbocycles. The zero-order chi connectivity index (χ0) is 27.0. The molecule has 1 unspecified atom stereocenters. The Morgan fingerprint density at radius 2 is 1.22 bits per heavy atom. The van der Waals surface area contributed by atoms with E-state index < -0.39 is 0 Å². The van der Waals surface area contributed by atoms with Crippen LogP contribution in [0.25, 0.3) is 0 Å². The first-order valence-electron chi connectivity index (χ1n) is 10.9. The van der Waals surface area contributed by atoms with E-state index in [4.69, 9.17) is 0 Å². The average Bonchev–Trinajstić information content (AvgIpc) is 2.85. The van der Waals surface area contributed by atoms with Gasteiger partial charge in [-0.25, -0.2) is 0 Å². The summed E-state index contributed by atoms with van der Waals surface area (Å²) >= 11 is 3.53. The van der Waals surface area contributed by atoms with Gasteiger partial charge in [0.1, 0.15) is 5.78 Å². The van der Waals surface area contributed by atoms with E-state index in [1.165, 1.54) is 18.2 Å². The summed E-state index contributed by atoms with van der Waals surface area (Å²) in [5.74, 6) is 0.558. The van der Waals surface area contributed by atoms with E-state index in [2.05, 4.69) is 82.8 Å². The van der Waals surface area contributed by atoms with Crippen molar-refractivity contribution in [2.75, 3.05) is 13.3 Å². The number of Topliss-reactive ketones (excluding diaryl/α,β-unsaturated/α-hetero) is 1. The molecule has 3 heteroatoms. The summed E-state index contributed by atoms with van der Waals surface area (Å²) in [5, 5.41) is 0. The SMILES string of the molecule is C=C/C=C(/C)C=C.C=CC=C.CC.CCC(C)C(C)=O.CN.CS.Cc1ccc(C)cc1. The topological polar surface area (TPSA) is 43.1 Å². The standard InChI is InChI=1S/C8H10.C7H10.C6H12O.C4H6.C2H6.CH5N.CH4S/c1-7-3-5-8(2)6-4-7;1-4-6-7(3)5-2;1-4-5(2)6(3)7;1-3-4-2;3*1-2/h3-6H,1-2H3;4-6H,1-2H2,3H3;5H,4H2,1-3H3;3-4H,1-2H2;1-2H3;2H2,1H3;2H,1H3/b;7-6-;;;;;. The maximum Gasteiger partial charge on any atom is 0.132 e. The molecule has 1 rings (SSSR count). The van der Waals surface area contributed by atoms with Gasteiger partial charge >= 0.3 is 0 Å². The number of aryl methyl sites for hydroxylation is 2. The highest BCUT2D eigenvalue weighted by Crippen LogP contribution is 2.00. The molecule has 32 heavy (non-hydrogen) atoms. The third-order valence-electron chi connectivity index (χ3n) is 3.39. The van der Waals surface area contributed by atoms with Crippen molar-refractivity contribution >= 4 is 18.4 Å². The van der Waals surface area contributed by atoms with Gasteiger partial charge in [-0.15, -0.1) is 0 Å². The Morgan fingerprint density at radius 3 is 1.31 bits per heavy atom. The molecule has 0 bridgehead atoms. The number of hydrogen-bond acceptors (Lipinski definition) is 3. The monoisotopic (exact) mass is 463 g/mol. The fourth-order valence-electron chi connectivity index (χ4n) is 1.18. The highest BCUT2D eigenvalue weighted by Gasteiger charge is 2.01. The second-order valence-corrected chi connectivity index (χ2v) is 5.90. The van der Waals surface area contributed by atoms with Crippen LogP contribution in [0.2, 0.25) is 0 Å². The predicted octanol–water partition coefficient (Wildman–Crippen LogP) is 8.74. The van der Waals surface area contributed by atoms with Gasteiger partial charge in [0.25, 0.3) is 0 Å². The van der Waals surface area contributed by atoms with Gasteiger partial charge in [0.05, 0.1) is 0 Å². The van der Waals surface area contributed by atoms with Crippen molar-refractivity contribution in [3.63, 3.8) is 0 Å². The largest absolute Gasteiger partial charge is 0.333 e. The molecule has 186 valence electrons. The number of rotatable bonds is 5. The van der Waals surface area contributed by atoms with Gasteiger partial charge in [-0.2, -0.15) is 12.6 Å². The first kappa shape index (κ1) is 43.7. The van der Waals surface area contributed by atoms with E-state index in [0.717, 1.165) is 12.0 Å². The molecule has 0 radical (unpaired) electrons. The molecule has 0 aliphatic rings. The van der Waals surface area contributed by atoms with Crippen LogP contribution in [0.3, 0.4) is 0 Å². The lowest BCUT2D eigenvalue weighted by atomic mass is 10.1. The second-order valence-electron chi connectivity index (χ2n) is 5.90. The normalized spacial score (nSPS) is 8.81. The van der Waals surface area contributed by atoms with Crippen LogP contribution in [0.1, 0.15) is 59.1 Å². The molecule has 0 amide bonds. The number of allylic oxidation sites excluding steroid dienone is 6. The number of ketones is 1. The number of nitrogens with two attached hydrogens (primary N) is 1. The van der Waals surface area contributed by atoms with Gasteiger partial charge in [-0.05, 0) is 47.4 Å². The second kappa shape index (κ2) is 42.9. The van der Waals surface area contributed by atoms with Gasteiger partial charge < -0.3 is 5.73 Å². The summed E-state index contributed by atoms with van der Waals surface area (Å²) in [4.78, 5) is 10.4. The van der Waals surface area contributed by atoms with Crippen LogP contribution in [0.4, 0.5) is 0 Å². The Labute approximate surface area is 207 Å². The molecule has 0 fully saturated rings. The third-order valence-corrected chi connectivity index (χ3v) is 3.39. The molecule has 2 N–H and O–H groups in total.